The van der Waals surface area contributed by atoms with E-state index in [2.05, 4.69) is 52.5 Å². The molecule has 1 aromatic carbocycles. The Bertz CT molecular complexity index is 1300. The van der Waals surface area contributed by atoms with Gasteiger partial charge < -0.3 is 69.6 Å². The molecule has 0 bridgehead atoms. The third kappa shape index (κ3) is 44.4. The summed E-state index contributed by atoms with van der Waals surface area (Å²) in [6.07, 6.45) is 6.77. The molecule has 6 N–H and O–H groups in total. The summed E-state index contributed by atoms with van der Waals surface area (Å²) >= 11 is 0. The van der Waals surface area contributed by atoms with Crippen LogP contribution in [0.15, 0.2) is 24.3 Å². The van der Waals surface area contributed by atoms with Gasteiger partial charge in [-0.05, 0) is 84.6 Å². The molecule has 4 amide bonds. The largest absolute Gasteiger partial charge is 0.444 e. The first kappa shape index (κ1) is 62.5. The number of nitrogens with two attached hydrogens (primary N) is 1. The van der Waals surface area contributed by atoms with Gasteiger partial charge >= 0.3 is 6.09 Å². The second-order valence-electron chi connectivity index (χ2n) is 16.1. The van der Waals surface area contributed by atoms with Crippen LogP contribution in [-0.2, 0) is 63.4 Å². The van der Waals surface area contributed by atoms with E-state index in [9.17, 15) is 19.2 Å². The minimum absolute atomic E-state index is 0.0326. The molecule has 384 valence electrons. The molecule has 0 radical (unpaired) electrons. The molecule has 1 atom stereocenters. The quantitative estimate of drug-likeness (QED) is 0.0573. The van der Waals surface area contributed by atoms with Crippen LogP contribution in [0.5, 0.6) is 0 Å². The Morgan fingerprint density at radius 2 is 0.909 bits per heavy atom. The normalized spacial score (nSPS) is 11.6. The van der Waals surface area contributed by atoms with Crippen molar-refractivity contribution in [2.24, 2.45) is 5.73 Å². The molecule has 0 aliphatic rings. The summed E-state index contributed by atoms with van der Waals surface area (Å²) in [7, 11) is 0. The smallest absolute Gasteiger partial charge is 0.407 e. The highest BCUT2D eigenvalue weighted by Gasteiger charge is 2.16. The zero-order valence-corrected chi connectivity index (χ0v) is 41.5. The molecule has 66 heavy (non-hydrogen) atoms. The summed E-state index contributed by atoms with van der Waals surface area (Å²) in [5.74, 6) is -0.164. The Morgan fingerprint density at radius 3 is 1.38 bits per heavy atom. The molecular formula is C48H89N5O13. The van der Waals surface area contributed by atoms with Gasteiger partial charge in [-0.15, -0.1) is 0 Å². The Hall–Kier alpha value is -3.46. The Kier molecular flexibility index (Phi) is 43.0. The Labute approximate surface area is 396 Å². The van der Waals surface area contributed by atoms with Crippen molar-refractivity contribution in [3.8, 4) is 0 Å². The van der Waals surface area contributed by atoms with E-state index in [4.69, 9.17) is 48.4 Å². The first-order valence-corrected chi connectivity index (χ1v) is 24.2. The minimum atomic E-state index is -0.611. The average Bonchev–Trinajstić information content (AvgIpc) is 3.28. The molecule has 0 saturated carbocycles. The number of hydrogen-bond acceptors (Lipinski definition) is 14. The summed E-state index contributed by atoms with van der Waals surface area (Å²) in [4.78, 5) is 47.8. The van der Waals surface area contributed by atoms with Crippen LogP contribution in [0.2, 0.25) is 0 Å². The van der Waals surface area contributed by atoms with E-state index in [1.54, 1.807) is 20.8 Å². The SMILES string of the molecule is CC.Cc1ccc(CCCC(=O)NCCCCCNC(=O)CCOCCOCCOCCOCCOCCOCCOCCOCCNC(=O)C(N)CCCCNC(=O)OC(C)(C)C)cc1. The zero-order chi connectivity index (χ0) is 48.8. The maximum atomic E-state index is 12.1. The van der Waals surface area contributed by atoms with Crippen molar-refractivity contribution in [1.82, 2.24) is 21.3 Å². The van der Waals surface area contributed by atoms with Crippen molar-refractivity contribution in [2.45, 2.75) is 117 Å². The molecule has 0 spiro atoms. The fraction of sp³-hybridized carbons (Fsp3) is 0.792. The van der Waals surface area contributed by atoms with E-state index in [0.717, 1.165) is 32.1 Å². The van der Waals surface area contributed by atoms with Crippen molar-refractivity contribution in [2.75, 3.05) is 132 Å². The number of ether oxygens (including phenoxy) is 9. The van der Waals surface area contributed by atoms with E-state index >= 15 is 0 Å². The predicted molar refractivity (Wildman–Crippen MR) is 256 cm³/mol. The zero-order valence-electron chi connectivity index (χ0n) is 41.5. The molecular weight excluding hydrogens is 855 g/mol. The van der Waals surface area contributed by atoms with Crippen LogP contribution in [0.3, 0.4) is 0 Å². The number of benzene rings is 1. The average molecular weight is 944 g/mol. The molecule has 0 heterocycles. The van der Waals surface area contributed by atoms with Crippen molar-refractivity contribution in [3.05, 3.63) is 35.4 Å². The van der Waals surface area contributed by atoms with E-state index in [1.807, 2.05) is 13.8 Å². The molecule has 1 aromatic rings. The van der Waals surface area contributed by atoms with Gasteiger partial charge in [0.2, 0.25) is 17.7 Å². The fourth-order valence-electron chi connectivity index (χ4n) is 5.58. The first-order valence-electron chi connectivity index (χ1n) is 24.2. The van der Waals surface area contributed by atoms with Gasteiger partial charge in [-0.25, -0.2) is 4.79 Å². The lowest BCUT2D eigenvalue weighted by Gasteiger charge is -2.19. The fourth-order valence-corrected chi connectivity index (χ4v) is 5.58. The van der Waals surface area contributed by atoms with Gasteiger partial charge in [0.05, 0.1) is 112 Å². The van der Waals surface area contributed by atoms with Crippen molar-refractivity contribution < 1.29 is 61.8 Å². The summed E-state index contributed by atoms with van der Waals surface area (Å²) in [5, 5.41) is 11.3. The third-order valence-electron chi connectivity index (χ3n) is 9.06. The maximum Gasteiger partial charge on any atom is 0.407 e. The molecule has 0 fully saturated rings. The summed E-state index contributed by atoms with van der Waals surface area (Å²) in [6, 6.07) is 7.82. The first-order chi connectivity index (χ1) is 32.0. The molecule has 0 aliphatic carbocycles. The highest BCUT2D eigenvalue weighted by Crippen LogP contribution is 2.08. The van der Waals surface area contributed by atoms with E-state index in [0.29, 0.717) is 164 Å². The summed E-state index contributed by atoms with van der Waals surface area (Å²) < 4.78 is 49.1. The second-order valence-corrected chi connectivity index (χ2v) is 16.1. The lowest BCUT2D eigenvalue weighted by molar-refractivity contribution is -0.123. The summed E-state index contributed by atoms with van der Waals surface area (Å²) in [6.45, 7) is 20.5. The maximum absolute atomic E-state index is 12.1. The van der Waals surface area contributed by atoms with Gasteiger partial charge in [0.25, 0.3) is 0 Å². The number of alkyl carbamates (subject to hydrolysis) is 1. The lowest BCUT2D eigenvalue weighted by Crippen LogP contribution is -2.42. The highest BCUT2D eigenvalue weighted by atomic mass is 16.6. The number of aryl methyl sites for hydroxylation is 2. The number of unbranched alkanes of at least 4 members (excludes halogenated alkanes) is 3. The second kappa shape index (κ2) is 45.3. The number of carbonyl (C=O) groups excluding carboxylic acids is 4. The van der Waals surface area contributed by atoms with Crippen LogP contribution in [-0.4, -0.2) is 167 Å². The Morgan fingerprint density at radius 1 is 0.500 bits per heavy atom. The van der Waals surface area contributed by atoms with Crippen molar-refractivity contribution in [1.29, 1.82) is 0 Å². The lowest BCUT2D eigenvalue weighted by atomic mass is 10.1. The van der Waals surface area contributed by atoms with Crippen molar-refractivity contribution in [3.63, 3.8) is 0 Å². The van der Waals surface area contributed by atoms with Crippen LogP contribution < -0.4 is 27.0 Å². The molecule has 0 aliphatic heterocycles. The van der Waals surface area contributed by atoms with Gasteiger partial charge in [-0.3, -0.25) is 14.4 Å². The number of rotatable bonds is 43. The van der Waals surface area contributed by atoms with Crippen LogP contribution in [0.4, 0.5) is 4.79 Å². The standard InChI is InChI=1S/C46H83N5O13.C2H6/c1-39-14-16-40(17-15-39)11-10-13-42(52)48-19-7-5-8-20-49-43(53)18-23-56-25-27-58-29-31-60-33-35-62-37-38-63-36-34-61-32-30-59-28-26-57-24-22-50-44(54)41(47)12-6-9-21-51-45(55)64-46(2,3)4;1-2/h14-17,41H,5-13,18-38,47H2,1-4H3,(H,48,52)(H,49,53)(H,50,54)(H,51,55);1-2H3. The highest BCUT2D eigenvalue weighted by molar-refractivity contribution is 5.81. The van der Waals surface area contributed by atoms with Gasteiger partial charge in [0.1, 0.15) is 5.60 Å². The van der Waals surface area contributed by atoms with Crippen LogP contribution >= 0.6 is 0 Å². The Balaban J connectivity index is 0.0000208. The molecule has 0 saturated heterocycles. The topological polar surface area (TPSA) is 225 Å². The van der Waals surface area contributed by atoms with Crippen LogP contribution in [0.25, 0.3) is 0 Å². The van der Waals surface area contributed by atoms with Gasteiger partial charge in [-0.1, -0.05) is 43.7 Å². The molecule has 18 heteroatoms. The minimum Gasteiger partial charge on any atom is -0.444 e. The van der Waals surface area contributed by atoms with E-state index in [1.165, 1.54) is 11.1 Å². The molecule has 0 aromatic heterocycles. The van der Waals surface area contributed by atoms with E-state index < -0.39 is 17.7 Å². The van der Waals surface area contributed by atoms with Gasteiger partial charge in [-0.2, -0.15) is 0 Å². The third-order valence-corrected chi connectivity index (χ3v) is 9.06. The molecule has 18 nitrogen and oxygen atoms in total. The molecule has 1 rings (SSSR count). The number of hydrogen-bond donors (Lipinski definition) is 5. The van der Waals surface area contributed by atoms with Crippen molar-refractivity contribution >= 4 is 23.8 Å². The number of nitrogens with one attached hydrogen (secondary N) is 4. The summed E-state index contributed by atoms with van der Waals surface area (Å²) in [5.41, 5.74) is 7.92. The number of carbonyl (C=O) groups is 4. The van der Waals surface area contributed by atoms with Crippen LogP contribution in [0, 0.1) is 6.92 Å². The van der Waals surface area contributed by atoms with Gasteiger partial charge in [0, 0.05) is 39.0 Å². The predicted octanol–water partition coefficient (Wildman–Crippen LogP) is 4.41. The molecule has 1 unspecified atom stereocenters. The van der Waals surface area contributed by atoms with Gasteiger partial charge in [0.15, 0.2) is 0 Å². The number of amides is 4. The monoisotopic (exact) mass is 944 g/mol. The van der Waals surface area contributed by atoms with Crippen LogP contribution in [0.1, 0.15) is 104 Å². The van der Waals surface area contributed by atoms with E-state index in [-0.39, 0.29) is 17.7 Å².